The number of benzene rings is 1. The molecule has 0 spiro atoms. The van der Waals surface area contributed by atoms with E-state index >= 15 is 0 Å². The summed E-state index contributed by atoms with van der Waals surface area (Å²) in [5.74, 6) is 1.25. The molecule has 12 nitrogen and oxygen atoms in total. The summed E-state index contributed by atoms with van der Waals surface area (Å²) < 4.78 is 43.8. The van der Waals surface area contributed by atoms with E-state index in [2.05, 4.69) is 49.8 Å². The number of β-amino-alcohol motifs (C(OH)–C–C–N with tert-alkyl or cyclic N) is 1. The van der Waals surface area contributed by atoms with Crippen molar-refractivity contribution < 1.29 is 28.1 Å². The maximum atomic E-state index is 11.0. The molecule has 1 fully saturated rings. The van der Waals surface area contributed by atoms with E-state index in [0.29, 0.717) is 43.9 Å². The molecule has 39 heavy (non-hydrogen) atoms. The predicted octanol–water partition coefficient (Wildman–Crippen LogP) is 1.59. The molecule has 1 aliphatic rings. The second-order valence-corrected chi connectivity index (χ2v) is 12.9. The van der Waals surface area contributed by atoms with E-state index < -0.39 is 22.2 Å². The molecule has 0 radical (unpaired) electrons. The molecule has 222 valence electrons. The number of nitrogens with one attached hydrogen (secondary N) is 3. The van der Waals surface area contributed by atoms with Gasteiger partial charge >= 0.3 is 0 Å². The van der Waals surface area contributed by atoms with Gasteiger partial charge in [-0.15, -0.1) is 4.37 Å². The number of nitrogens with zero attached hydrogens (tertiary/aromatic N) is 3. The molecular formula is C25H44N6O6S2. The molecule has 5 N–H and O–H groups in total. The van der Waals surface area contributed by atoms with Crippen LogP contribution >= 0.6 is 11.7 Å². The van der Waals surface area contributed by atoms with Crippen LogP contribution in [0.3, 0.4) is 0 Å². The van der Waals surface area contributed by atoms with Gasteiger partial charge in [-0.1, -0.05) is 26.0 Å². The Morgan fingerprint density at radius 1 is 1.10 bits per heavy atom. The number of hydrogen-bond donors (Lipinski definition) is 5. The third-order valence-electron chi connectivity index (χ3n) is 5.35. The Labute approximate surface area is 236 Å². The summed E-state index contributed by atoms with van der Waals surface area (Å²) in [6, 6.07) is 7.00. The van der Waals surface area contributed by atoms with Crippen LogP contribution in [0.15, 0.2) is 24.3 Å². The van der Waals surface area contributed by atoms with Crippen molar-refractivity contribution in [2.45, 2.75) is 58.4 Å². The van der Waals surface area contributed by atoms with Crippen LogP contribution < -0.4 is 25.0 Å². The standard InChI is InChI=1S/C13H24N4O3S.C12H20N2O3S/c1-13(2,3)14-8-10(18)9-20-12-11(15-21-16-12)17-4-6-19-7-5-17;1-9(2)13-8-12(15)10-4-6-11(7-5-10)14-18(3,16)17/h10,14,18H,4-9H2,1-3H3;4-7,9,12-15H,8H2,1-3H3/t10-;/m0./s1. The number of sulfonamides is 1. The summed E-state index contributed by atoms with van der Waals surface area (Å²) in [6.07, 6.45) is -0.0781. The molecule has 1 aliphatic heterocycles. The average Bonchev–Trinajstić information content (AvgIpc) is 3.33. The predicted molar refractivity (Wildman–Crippen MR) is 155 cm³/mol. The number of aliphatic hydroxyl groups excluding tert-OH is 2. The molecule has 0 aliphatic carbocycles. The zero-order chi connectivity index (χ0) is 29.1. The van der Waals surface area contributed by atoms with Crippen molar-refractivity contribution in [3.63, 3.8) is 0 Å². The van der Waals surface area contributed by atoms with E-state index in [0.717, 1.165) is 42.5 Å². The largest absolute Gasteiger partial charge is 0.472 e. The molecule has 2 aromatic rings. The van der Waals surface area contributed by atoms with Crippen molar-refractivity contribution in [3.8, 4) is 5.88 Å². The van der Waals surface area contributed by atoms with Crippen molar-refractivity contribution in [2.24, 2.45) is 0 Å². The molecule has 0 saturated carbocycles. The molecule has 0 amide bonds. The van der Waals surface area contributed by atoms with Crippen LogP contribution in [0, 0.1) is 0 Å². The highest BCUT2D eigenvalue weighted by atomic mass is 32.2. The molecule has 0 bridgehead atoms. The monoisotopic (exact) mass is 588 g/mol. The molecular weight excluding hydrogens is 544 g/mol. The lowest BCUT2D eigenvalue weighted by Crippen LogP contribution is -2.42. The van der Waals surface area contributed by atoms with Crippen LogP contribution in [0.1, 0.15) is 46.3 Å². The van der Waals surface area contributed by atoms with Gasteiger partial charge in [0.15, 0.2) is 0 Å². The fraction of sp³-hybridized carbons (Fsp3) is 0.680. The summed E-state index contributed by atoms with van der Waals surface area (Å²) in [6.45, 7) is 14.3. The lowest BCUT2D eigenvalue weighted by Gasteiger charge is -2.27. The minimum absolute atomic E-state index is 0.0257. The first-order chi connectivity index (χ1) is 18.2. The summed E-state index contributed by atoms with van der Waals surface area (Å²) in [4.78, 5) is 2.10. The maximum absolute atomic E-state index is 11.0. The number of aromatic nitrogens is 2. The Kier molecular flexibility index (Phi) is 13.3. The summed E-state index contributed by atoms with van der Waals surface area (Å²) >= 11 is 1.12. The third kappa shape index (κ3) is 13.7. The van der Waals surface area contributed by atoms with Gasteiger partial charge in [0.05, 0.1) is 37.3 Å². The van der Waals surface area contributed by atoms with Gasteiger partial charge in [0.25, 0.3) is 5.88 Å². The minimum atomic E-state index is -3.26. The van der Waals surface area contributed by atoms with E-state index in [1.54, 1.807) is 24.3 Å². The SMILES string of the molecule is CC(C)(C)NC[C@H](O)COc1nsnc1N1CCOCC1.CC(C)NCC(O)c1ccc(NS(C)(=O)=O)cc1. The number of aliphatic hydroxyl groups is 2. The van der Waals surface area contributed by atoms with Gasteiger partial charge in [-0.2, -0.15) is 4.37 Å². The Bertz CT molecular complexity index is 1070. The van der Waals surface area contributed by atoms with E-state index in [4.69, 9.17) is 9.47 Å². The van der Waals surface area contributed by atoms with Crippen LogP contribution in [-0.4, -0.2) is 97.3 Å². The number of morpholine rings is 1. The van der Waals surface area contributed by atoms with E-state index in [-0.39, 0.29) is 12.1 Å². The second kappa shape index (κ2) is 15.6. The Balaban J connectivity index is 0.000000277. The lowest BCUT2D eigenvalue weighted by atomic mass is 10.1. The lowest BCUT2D eigenvalue weighted by molar-refractivity contribution is 0.0975. The Hall–Kier alpha value is -2.07. The Morgan fingerprint density at radius 3 is 2.31 bits per heavy atom. The third-order valence-corrected chi connectivity index (χ3v) is 6.46. The first kappa shape index (κ1) is 33.1. The van der Waals surface area contributed by atoms with Crippen molar-refractivity contribution in [1.29, 1.82) is 0 Å². The van der Waals surface area contributed by atoms with Crippen LogP contribution in [-0.2, 0) is 14.8 Å². The highest BCUT2D eigenvalue weighted by Crippen LogP contribution is 2.26. The average molecular weight is 589 g/mol. The van der Waals surface area contributed by atoms with Gasteiger partial charge in [0.1, 0.15) is 12.7 Å². The molecule has 14 heteroatoms. The minimum Gasteiger partial charge on any atom is -0.472 e. The van der Waals surface area contributed by atoms with E-state index in [1.807, 2.05) is 13.8 Å². The van der Waals surface area contributed by atoms with E-state index in [9.17, 15) is 18.6 Å². The van der Waals surface area contributed by atoms with Crippen LogP contribution in [0.2, 0.25) is 0 Å². The molecule has 1 unspecified atom stereocenters. The zero-order valence-corrected chi connectivity index (χ0v) is 25.3. The molecule has 2 atom stereocenters. The Morgan fingerprint density at radius 2 is 1.74 bits per heavy atom. The van der Waals surface area contributed by atoms with Gasteiger partial charge in [0.2, 0.25) is 15.8 Å². The van der Waals surface area contributed by atoms with Gasteiger partial charge in [-0.25, -0.2) is 8.42 Å². The number of hydrogen-bond acceptors (Lipinski definition) is 12. The first-order valence-electron chi connectivity index (χ1n) is 12.9. The number of anilines is 2. The summed E-state index contributed by atoms with van der Waals surface area (Å²) in [5.41, 5.74) is 1.22. The summed E-state index contributed by atoms with van der Waals surface area (Å²) in [7, 11) is -3.26. The summed E-state index contributed by atoms with van der Waals surface area (Å²) in [5, 5.41) is 26.2. The van der Waals surface area contributed by atoms with Crippen molar-refractivity contribution in [1.82, 2.24) is 19.4 Å². The van der Waals surface area contributed by atoms with E-state index in [1.165, 1.54) is 0 Å². The molecule has 1 saturated heterocycles. The van der Waals surface area contributed by atoms with Gasteiger partial charge in [-0.05, 0) is 38.5 Å². The normalized spacial score (nSPS) is 15.9. The second-order valence-electron chi connectivity index (χ2n) is 10.7. The van der Waals surface area contributed by atoms with Crippen molar-refractivity contribution >= 4 is 33.3 Å². The molecule has 3 rings (SSSR count). The zero-order valence-electron chi connectivity index (χ0n) is 23.7. The maximum Gasteiger partial charge on any atom is 0.270 e. The molecule has 1 aromatic carbocycles. The number of rotatable bonds is 12. The molecule has 2 heterocycles. The fourth-order valence-electron chi connectivity index (χ4n) is 3.35. The highest BCUT2D eigenvalue weighted by Gasteiger charge is 2.21. The molecule has 1 aromatic heterocycles. The highest BCUT2D eigenvalue weighted by molar-refractivity contribution is 7.92. The first-order valence-corrected chi connectivity index (χ1v) is 15.6. The smallest absolute Gasteiger partial charge is 0.270 e. The van der Waals surface area contributed by atoms with Crippen molar-refractivity contribution in [3.05, 3.63) is 29.8 Å². The van der Waals surface area contributed by atoms with Gasteiger partial charge in [-0.3, -0.25) is 4.72 Å². The quantitative estimate of drug-likeness (QED) is 0.245. The van der Waals surface area contributed by atoms with Crippen molar-refractivity contribution in [2.75, 3.05) is 61.9 Å². The van der Waals surface area contributed by atoms with Gasteiger partial charge in [0, 0.05) is 43.4 Å². The van der Waals surface area contributed by atoms with Gasteiger partial charge < -0.3 is 35.2 Å². The number of ether oxygens (including phenoxy) is 2. The van der Waals surface area contributed by atoms with Crippen LogP contribution in [0.5, 0.6) is 5.88 Å². The van der Waals surface area contributed by atoms with Crippen LogP contribution in [0.25, 0.3) is 0 Å². The van der Waals surface area contributed by atoms with Crippen LogP contribution in [0.4, 0.5) is 11.5 Å². The topological polar surface area (TPSA) is 158 Å². The fourth-order valence-corrected chi connectivity index (χ4v) is 4.43.